The first kappa shape index (κ1) is 10.6. The van der Waals surface area contributed by atoms with Gasteiger partial charge < -0.3 is 15.8 Å². The van der Waals surface area contributed by atoms with Crippen molar-refractivity contribution in [2.24, 2.45) is 5.73 Å². The predicted octanol–water partition coefficient (Wildman–Crippen LogP) is 2.01. The van der Waals surface area contributed by atoms with E-state index in [2.05, 4.69) is 4.98 Å². The second kappa shape index (κ2) is 4.15. The number of hydrogen-bond donors (Lipinski definition) is 3. The Labute approximate surface area is 83.6 Å². The first-order valence-corrected chi connectivity index (χ1v) is 4.30. The predicted molar refractivity (Wildman–Crippen MR) is 59.5 cm³/mol. The Kier molecular flexibility index (Phi) is 3.14. The lowest BCUT2D eigenvalue weighted by atomic mass is 10.1. The minimum atomic E-state index is 0. The van der Waals surface area contributed by atoms with Crippen LogP contribution in [0.15, 0.2) is 24.4 Å². The summed E-state index contributed by atoms with van der Waals surface area (Å²) in [6, 6.07) is 5.30. The Morgan fingerprint density at radius 1 is 1.36 bits per heavy atom. The van der Waals surface area contributed by atoms with E-state index in [1.807, 2.05) is 12.3 Å². The lowest BCUT2D eigenvalue weighted by Gasteiger charge is -1.96. The Hall–Kier alpha value is -1.48. The number of nitrogens with one attached hydrogen (secondary N) is 1. The molecule has 0 aliphatic carbocycles. The van der Waals surface area contributed by atoms with Crippen molar-refractivity contribution in [3.8, 4) is 5.75 Å². The summed E-state index contributed by atoms with van der Waals surface area (Å²) >= 11 is 0. The summed E-state index contributed by atoms with van der Waals surface area (Å²) in [5.74, 6) is 0.297. The molecule has 1 heterocycles. The average Bonchev–Trinajstić information content (AvgIpc) is 2.49. The summed E-state index contributed by atoms with van der Waals surface area (Å²) in [5.41, 5.74) is 7.68. The quantitative estimate of drug-likeness (QED) is 0.681. The molecule has 2 aromatic rings. The molecule has 0 saturated carbocycles. The van der Waals surface area contributed by atoms with E-state index < -0.39 is 0 Å². The molecule has 2 rings (SSSR count). The summed E-state index contributed by atoms with van der Waals surface area (Å²) < 4.78 is 0. The van der Waals surface area contributed by atoms with Gasteiger partial charge in [-0.1, -0.05) is 7.43 Å². The molecule has 3 nitrogen and oxygen atoms in total. The summed E-state index contributed by atoms with van der Waals surface area (Å²) in [6.45, 7) is 0.628. The largest absolute Gasteiger partial charge is 0.508 e. The van der Waals surface area contributed by atoms with Crippen LogP contribution >= 0.6 is 0 Å². The fourth-order valence-corrected chi connectivity index (χ4v) is 1.53. The van der Waals surface area contributed by atoms with Crippen LogP contribution in [0.25, 0.3) is 10.9 Å². The molecule has 0 spiro atoms. The third-order valence-corrected chi connectivity index (χ3v) is 2.16. The number of fused-ring (bicyclic) bond motifs is 1. The van der Waals surface area contributed by atoms with Crippen LogP contribution in [0.2, 0.25) is 0 Å². The van der Waals surface area contributed by atoms with Gasteiger partial charge in [-0.05, 0) is 36.7 Å². The van der Waals surface area contributed by atoms with Crippen LogP contribution in [0.5, 0.6) is 5.75 Å². The molecule has 0 atom stereocenters. The first-order valence-electron chi connectivity index (χ1n) is 4.30. The maximum atomic E-state index is 9.30. The standard InChI is InChI=1S/C10H12N2O.CH4/c11-4-3-7-6-12-10-2-1-8(13)5-9(7)10;/h1-2,5-6,12-13H,3-4,11H2;1H4. The Bertz CT molecular complexity index is 420. The van der Waals surface area contributed by atoms with Crippen LogP contribution in [0, 0.1) is 0 Å². The van der Waals surface area contributed by atoms with E-state index in [4.69, 9.17) is 5.73 Å². The molecule has 4 N–H and O–H groups in total. The first-order chi connectivity index (χ1) is 6.31. The average molecular weight is 192 g/mol. The van der Waals surface area contributed by atoms with Gasteiger partial charge in [-0.15, -0.1) is 0 Å². The van der Waals surface area contributed by atoms with E-state index in [-0.39, 0.29) is 7.43 Å². The highest BCUT2D eigenvalue weighted by molar-refractivity contribution is 5.84. The van der Waals surface area contributed by atoms with Gasteiger partial charge in [0, 0.05) is 17.1 Å². The Morgan fingerprint density at radius 2 is 2.14 bits per heavy atom. The minimum absolute atomic E-state index is 0. The number of aromatic hydroxyl groups is 1. The van der Waals surface area contributed by atoms with Gasteiger partial charge in [-0.3, -0.25) is 0 Å². The number of H-pyrrole nitrogens is 1. The summed E-state index contributed by atoms with van der Waals surface area (Å²) in [5, 5.41) is 10.4. The topological polar surface area (TPSA) is 62.0 Å². The van der Waals surface area contributed by atoms with E-state index in [9.17, 15) is 5.11 Å². The third-order valence-electron chi connectivity index (χ3n) is 2.16. The fourth-order valence-electron chi connectivity index (χ4n) is 1.53. The molecule has 0 fully saturated rings. The highest BCUT2D eigenvalue weighted by atomic mass is 16.3. The molecule has 14 heavy (non-hydrogen) atoms. The molecule has 3 heteroatoms. The van der Waals surface area contributed by atoms with Gasteiger partial charge in [0.15, 0.2) is 0 Å². The minimum Gasteiger partial charge on any atom is -0.508 e. The van der Waals surface area contributed by atoms with E-state index in [1.54, 1.807) is 12.1 Å². The van der Waals surface area contributed by atoms with Crippen molar-refractivity contribution in [2.45, 2.75) is 13.8 Å². The molecule has 76 valence electrons. The number of rotatable bonds is 2. The maximum absolute atomic E-state index is 9.30. The SMILES string of the molecule is C.NCCc1c[nH]c2ccc(O)cc12. The molecule has 0 radical (unpaired) electrons. The fraction of sp³-hybridized carbons (Fsp3) is 0.273. The van der Waals surface area contributed by atoms with Gasteiger partial charge >= 0.3 is 0 Å². The zero-order chi connectivity index (χ0) is 9.26. The van der Waals surface area contributed by atoms with E-state index >= 15 is 0 Å². The molecule has 1 aromatic carbocycles. The summed E-state index contributed by atoms with van der Waals surface area (Å²) in [7, 11) is 0. The van der Waals surface area contributed by atoms with E-state index in [1.165, 1.54) is 0 Å². The van der Waals surface area contributed by atoms with Crippen LogP contribution in [0.1, 0.15) is 13.0 Å². The van der Waals surface area contributed by atoms with E-state index in [0.717, 1.165) is 22.9 Å². The van der Waals surface area contributed by atoms with Crippen molar-refractivity contribution in [2.75, 3.05) is 6.54 Å². The van der Waals surface area contributed by atoms with Crippen LogP contribution in [-0.2, 0) is 6.42 Å². The third kappa shape index (κ3) is 1.72. The van der Waals surface area contributed by atoms with Crippen LogP contribution in [-0.4, -0.2) is 16.6 Å². The van der Waals surface area contributed by atoms with Crippen LogP contribution in [0.4, 0.5) is 0 Å². The lowest BCUT2D eigenvalue weighted by molar-refractivity contribution is 0.476. The second-order valence-corrected chi connectivity index (χ2v) is 3.08. The number of phenolic OH excluding ortho intramolecular Hbond substituents is 1. The zero-order valence-electron chi connectivity index (χ0n) is 7.25. The van der Waals surface area contributed by atoms with Crippen molar-refractivity contribution < 1.29 is 5.11 Å². The van der Waals surface area contributed by atoms with E-state index in [0.29, 0.717) is 12.3 Å². The van der Waals surface area contributed by atoms with Crippen molar-refractivity contribution >= 4 is 10.9 Å². The molecule has 0 amide bonds. The van der Waals surface area contributed by atoms with Gasteiger partial charge in [0.1, 0.15) is 5.75 Å². The zero-order valence-corrected chi connectivity index (χ0v) is 7.25. The van der Waals surface area contributed by atoms with Gasteiger partial charge in [0.2, 0.25) is 0 Å². The van der Waals surface area contributed by atoms with Crippen molar-refractivity contribution in [1.29, 1.82) is 0 Å². The number of phenols is 1. The monoisotopic (exact) mass is 192 g/mol. The number of aromatic nitrogens is 1. The normalized spacial score (nSPS) is 10.1. The number of nitrogens with two attached hydrogens (primary N) is 1. The van der Waals surface area contributed by atoms with Gasteiger partial charge in [-0.2, -0.15) is 0 Å². The van der Waals surface area contributed by atoms with Crippen LogP contribution in [0.3, 0.4) is 0 Å². The molecular formula is C11H16N2O. The molecule has 0 bridgehead atoms. The number of benzene rings is 1. The van der Waals surface area contributed by atoms with Crippen molar-refractivity contribution in [1.82, 2.24) is 4.98 Å². The van der Waals surface area contributed by atoms with Gasteiger partial charge in [-0.25, -0.2) is 0 Å². The summed E-state index contributed by atoms with van der Waals surface area (Å²) in [4.78, 5) is 3.13. The molecule has 0 aliphatic heterocycles. The highest BCUT2D eigenvalue weighted by Gasteiger charge is 2.02. The Morgan fingerprint density at radius 3 is 2.86 bits per heavy atom. The second-order valence-electron chi connectivity index (χ2n) is 3.08. The van der Waals surface area contributed by atoms with Crippen molar-refractivity contribution in [3.63, 3.8) is 0 Å². The molecule has 1 aromatic heterocycles. The van der Waals surface area contributed by atoms with Gasteiger partial charge in [0.05, 0.1) is 0 Å². The smallest absolute Gasteiger partial charge is 0.116 e. The molecular weight excluding hydrogens is 176 g/mol. The summed E-state index contributed by atoms with van der Waals surface area (Å²) in [6.07, 6.45) is 2.78. The molecule has 0 aliphatic rings. The maximum Gasteiger partial charge on any atom is 0.116 e. The highest BCUT2D eigenvalue weighted by Crippen LogP contribution is 2.22. The molecule has 0 saturated heterocycles. The molecule has 0 unspecified atom stereocenters. The Balaban J connectivity index is 0.000000980. The lowest BCUT2D eigenvalue weighted by Crippen LogP contribution is -2.01. The van der Waals surface area contributed by atoms with Crippen LogP contribution < -0.4 is 5.73 Å². The van der Waals surface area contributed by atoms with Gasteiger partial charge in [0.25, 0.3) is 0 Å². The number of hydrogen-bond acceptors (Lipinski definition) is 2. The number of aromatic amines is 1. The van der Waals surface area contributed by atoms with Crippen molar-refractivity contribution in [3.05, 3.63) is 30.0 Å².